The molecule has 1 saturated heterocycles. The van der Waals surface area contributed by atoms with Gasteiger partial charge >= 0.3 is 0 Å². The van der Waals surface area contributed by atoms with Crippen LogP contribution in [0.3, 0.4) is 0 Å². The standard InChI is InChI=1S/C14H19ClN4/c1-10-12(15)9-13-14(17-10)19(8-7-18(13)2)11-3-5-16-6-4-11/h7-9,11,16H,3-6H2,1-2H3. The fourth-order valence-electron chi connectivity index (χ4n) is 2.71. The fraction of sp³-hybridized carbons (Fsp3) is 0.500. The Morgan fingerprint density at radius 2 is 2.05 bits per heavy atom. The minimum atomic E-state index is 0.526. The number of halogens is 1. The second-order valence-electron chi connectivity index (χ2n) is 5.20. The van der Waals surface area contributed by atoms with E-state index in [9.17, 15) is 0 Å². The summed E-state index contributed by atoms with van der Waals surface area (Å²) >= 11 is 6.20. The molecular weight excluding hydrogens is 260 g/mol. The summed E-state index contributed by atoms with van der Waals surface area (Å²) in [7, 11) is 2.03. The maximum atomic E-state index is 6.20. The highest BCUT2D eigenvalue weighted by molar-refractivity contribution is 6.31. The average Bonchev–Trinajstić information content (AvgIpc) is 2.42. The second kappa shape index (κ2) is 5.02. The van der Waals surface area contributed by atoms with E-state index >= 15 is 0 Å². The van der Waals surface area contributed by atoms with Gasteiger partial charge in [0.25, 0.3) is 0 Å². The maximum absolute atomic E-state index is 6.20. The van der Waals surface area contributed by atoms with Crippen LogP contribution < -0.4 is 15.1 Å². The largest absolute Gasteiger partial charge is 0.347 e. The van der Waals surface area contributed by atoms with E-state index in [1.54, 1.807) is 0 Å². The van der Waals surface area contributed by atoms with Gasteiger partial charge in [0.2, 0.25) is 0 Å². The molecule has 0 atom stereocenters. The molecule has 3 heterocycles. The van der Waals surface area contributed by atoms with Crippen LogP contribution in [0.1, 0.15) is 18.5 Å². The number of aryl methyl sites for hydroxylation is 1. The normalized spacial score (nSPS) is 19.7. The number of rotatable bonds is 1. The average molecular weight is 279 g/mol. The summed E-state index contributed by atoms with van der Waals surface area (Å²) in [5.74, 6) is 1.03. The molecule has 1 aromatic rings. The van der Waals surface area contributed by atoms with E-state index in [0.717, 1.165) is 48.2 Å². The van der Waals surface area contributed by atoms with Crippen molar-refractivity contribution in [2.75, 3.05) is 29.9 Å². The molecule has 3 rings (SSSR count). The monoisotopic (exact) mass is 278 g/mol. The van der Waals surface area contributed by atoms with E-state index in [4.69, 9.17) is 16.6 Å². The lowest BCUT2D eigenvalue weighted by atomic mass is 10.0. The predicted octanol–water partition coefficient (Wildman–Crippen LogP) is 2.52. The zero-order valence-corrected chi connectivity index (χ0v) is 12.1. The number of nitrogens with zero attached hydrogens (tertiary/aromatic N) is 3. The third-order valence-corrected chi connectivity index (χ3v) is 4.27. The van der Waals surface area contributed by atoms with E-state index in [1.807, 2.05) is 20.0 Å². The summed E-state index contributed by atoms with van der Waals surface area (Å²) in [5.41, 5.74) is 1.97. The minimum absolute atomic E-state index is 0.526. The smallest absolute Gasteiger partial charge is 0.157 e. The first-order chi connectivity index (χ1) is 9.16. The zero-order chi connectivity index (χ0) is 13.4. The number of anilines is 2. The summed E-state index contributed by atoms with van der Waals surface area (Å²) in [6.07, 6.45) is 6.52. The Bertz CT molecular complexity index is 508. The molecule has 2 aliphatic heterocycles. The Balaban J connectivity index is 2.00. The van der Waals surface area contributed by atoms with Gasteiger partial charge in [-0.2, -0.15) is 0 Å². The van der Waals surface area contributed by atoms with Gasteiger partial charge < -0.3 is 15.1 Å². The van der Waals surface area contributed by atoms with Crippen LogP contribution in [0.4, 0.5) is 11.5 Å². The summed E-state index contributed by atoms with van der Waals surface area (Å²) in [6.45, 7) is 4.11. The number of nitrogens with one attached hydrogen (secondary N) is 1. The van der Waals surface area contributed by atoms with E-state index in [1.165, 1.54) is 0 Å². The van der Waals surface area contributed by atoms with Gasteiger partial charge in [-0.3, -0.25) is 0 Å². The number of hydrogen-bond acceptors (Lipinski definition) is 4. The van der Waals surface area contributed by atoms with Crippen molar-refractivity contribution in [3.63, 3.8) is 0 Å². The van der Waals surface area contributed by atoms with Crippen LogP contribution in [0.5, 0.6) is 0 Å². The van der Waals surface area contributed by atoms with Gasteiger partial charge in [-0.1, -0.05) is 11.6 Å². The van der Waals surface area contributed by atoms with Crippen molar-refractivity contribution in [1.82, 2.24) is 10.3 Å². The SMILES string of the molecule is Cc1nc2c(cc1Cl)N(C)C=CN2C1CCNCC1. The lowest BCUT2D eigenvalue weighted by Gasteiger charge is -2.38. The molecule has 0 radical (unpaired) electrons. The molecule has 0 aromatic carbocycles. The summed E-state index contributed by atoms with van der Waals surface area (Å²) in [5, 5.41) is 4.13. The quantitative estimate of drug-likeness (QED) is 0.855. The highest BCUT2D eigenvalue weighted by Crippen LogP contribution is 2.36. The molecule has 2 aliphatic rings. The Hall–Kier alpha value is -1.26. The fourth-order valence-corrected chi connectivity index (χ4v) is 2.86. The van der Waals surface area contributed by atoms with Crippen molar-refractivity contribution in [1.29, 1.82) is 0 Å². The Morgan fingerprint density at radius 1 is 1.32 bits per heavy atom. The van der Waals surface area contributed by atoms with E-state index in [-0.39, 0.29) is 0 Å². The first kappa shape index (κ1) is 12.8. The lowest BCUT2D eigenvalue weighted by Crippen LogP contribution is -2.42. The van der Waals surface area contributed by atoms with E-state index in [0.29, 0.717) is 6.04 Å². The number of pyridine rings is 1. The van der Waals surface area contributed by atoms with Crippen molar-refractivity contribution in [2.24, 2.45) is 0 Å². The number of piperidine rings is 1. The van der Waals surface area contributed by atoms with Crippen LogP contribution in [-0.4, -0.2) is 31.2 Å². The van der Waals surface area contributed by atoms with Crippen LogP contribution in [0.15, 0.2) is 18.5 Å². The molecule has 0 unspecified atom stereocenters. The number of fused-ring (bicyclic) bond motifs is 1. The topological polar surface area (TPSA) is 31.4 Å². The van der Waals surface area contributed by atoms with E-state index in [2.05, 4.69) is 27.5 Å². The van der Waals surface area contributed by atoms with Crippen molar-refractivity contribution in [2.45, 2.75) is 25.8 Å². The molecule has 4 nitrogen and oxygen atoms in total. The zero-order valence-electron chi connectivity index (χ0n) is 11.4. The highest BCUT2D eigenvalue weighted by atomic mass is 35.5. The van der Waals surface area contributed by atoms with Gasteiger partial charge in [-0.15, -0.1) is 0 Å². The molecule has 0 spiro atoms. The van der Waals surface area contributed by atoms with Crippen molar-refractivity contribution < 1.29 is 0 Å². The third-order valence-electron chi connectivity index (χ3n) is 3.89. The molecule has 1 fully saturated rings. The Morgan fingerprint density at radius 3 is 2.79 bits per heavy atom. The summed E-state index contributed by atoms with van der Waals surface area (Å²) in [6, 6.07) is 2.54. The molecule has 102 valence electrons. The first-order valence-corrected chi connectivity index (χ1v) is 7.12. The molecule has 0 amide bonds. The van der Waals surface area contributed by atoms with Crippen LogP contribution >= 0.6 is 11.6 Å². The van der Waals surface area contributed by atoms with Gasteiger partial charge in [0.1, 0.15) is 0 Å². The molecule has 1 N–H and O–H groups in total. The van der Waals surface area contributed by atoms with Gasteiger partial charge in [0.05, 0.1) is 16.4 Å². The molecule has 0 saturated carbocycles. The second-order valence-corrected chi connectivity index (χ2v) is 5.60. The Labute approximate surface area is 119 Å². The van der Waals surface area contributed by atoms with Crippen LogP contribution in [0.2, 0.25) is 5.02 Å². The predicted molar refractivity (Wildman–Crippen MR) is 79.9 cm³/mol. The third kappa shape index (κ3) is 2.30. The molecular formula is C14H19ClN4. The number of hydrogen-bond donors (Lipinski definition) is 1. The van der Waals surface area contributed by atoms with Crippen LogP contribution in [-0.2, 0) is 0 Å². The Kier molecular flexibility index (Phi) is 3.37. The summed E-state index contributed by atoms with van der Waals surface area (Å²) < 4.78 is 0. The van der Waals surface area contributed by atoms with Crippen molar-refractivity contribution in [3.8, 4) is 0 Å². The van der Waals surface area contributed by atoms with Crippen LogP contribution in [0, 0.1) is 6.92 Å². The molecule has 0 bridgehead atoms. The van der Waals surface area contributed by atoms with Gasteiger partial charge in [0, 0.05) is 25.5 Å². The van der Waals surface area contributed by atoms with Crippen molar-refractivity contribution in [3.05, 3.63) is 29.2 Å². The molecule has 19 heavy (non-hydrogen) atoms. The first-order valence-electron chi connectivity index (χ1n) is 6.74. The molecule has 5 heteroatoms. The number of aromatic nitrogens is 1. The van der Waals surface area contributed by atoms with Crippen molar-refractivity contribution >= 4 is 23.1 Å². The lowest BCUT2D eigenvalue weighted by molar-refractivity contribution is 0.447. The molecule has 1 aromatic heterocycles. The summed E-state index contributed by atoms with van der Waals surface area (Å²) in [4.78, 5) is 9.08. The van der Waals surface area contributed by atoms with Crippen LogP contribution in [0.25, 0.3) is 0 Å². The molecule has 0 aliphatic carbocycles. The maximum Gasteiger partial charge on any atom is 0.157 e. The van der Waals surface area contributed by atoms with Gasteiger partial charge in [-0.25, -0.2) is 4.98 Å². The van der Waals surface area contributed by atoms with Gasteiger partial charge in [0.15, 0.2) is 5.82 Å². The van der Waals surface area contributed by atoms with E-state index < -0.39 is 0 Å². The van der Waals surface area contributed by atoms with Gasteiger partial charge in [-0.05, 0) is 38.9 Å². The minimum Gasteiger partial charge on any atom is -0.347 e. The highest BCUT2D eigenvalue weighted by Gasteiger charge is 2.26.